The smallest absolute Gasteiger partial charge is 0.305 e. The lowest BCUT2D eigenvalue weighted by Gasteiger charge is -2.72. The number of rotatable bonds is 5. The molecule has 5 fully saturated rings. The van der Waals surface area contributed by atoms with Gasteiger partial charge >= 0.3 is 5.97 Å². The minimum Gasteiger partial charge on any atom is -0.469 e. The van der Waals surface area contributed by atoms with Gasteiger partial charge in [-0.3, -0.25) is 4.79 Å². The molecule has 5 nitrogen and oxygen atoms in total. The minimum atomic E-state index is -0.470. The highest BCUT2D eigenvalue weighted by Crippen LogP contribution is 2.76. The van der Waals surface area contributed by atoms with Crippen LogP contribution in [0, 0.1) is 50.2 Å². The average Bonchev–Trinajstić information content (AvgIpc) is 2.92. The van der Waals surface area contributed by atoms with Gasteiger partial charge in [-0.25, -0.2) is 0 Å². The highest BCUT2D eigenvalue weighted by Gasteiger charge is 2.70. The molecular formula is C38H62O5. The van der Waals surface area contributed by atoms with E-state index in [9.17, 15) is 4.79 Å². The number of hydrogen-bond donors (Lipinski definition) is 0. The lowest BCUT2D eigenvalue weighted by Crippen LogP contribution is -2.68. The van der Waals surface area contributed by atoms with Gasteiger partial charge in [-0.1, -0.05) is 60.1 Å². The maximum absolute atomic E-state index is 11.7. The second kappa shape index (κ2) is 10.3. The quantitative estimate of drug-likeness (QED) is 0.180. The third-order valence-electron chi connectivity index (χ3n) is 15.1. The van der Waals surface area contributed by atoms with Crippen molar-refractivity contribution in [2.24, 2.45) is 50.2 Å². The molecule has 5 heteroatoms. The Morgan fingerprint density at radius 3 is 2.35 bits per heavy atom. The van der Waals surface area contributed by atoms with Gasteiger partial charge in [0.15, 0.2) is 5.79 Å². The standard InChI is InChI=1S/C38H62O5/c1-32(2)22-26-25-13-14-28-35(6)17-16-29-36(7,24-42-33(3,4)43-29)27(35)15-18-38(28,9)37(25,8)20-19-34(26,5)30(23-32)41-21-11-12-31(39)40-10/h13,26-30H,11-12,14-24H2,1-10H3/t26-,27?,28-,29?,30-,34-,35+,36+,37-,38-/m1/s1. The summed E-state index contributed by atoms with van der Waals surface area (Å²) in [5.41, 5.74) is 3.05. The Morgan fingerprint density at radius 2 is 1.63 bits per heavy atom. The van der Waals surface area contributed by atoms with Crippen molar-refractivity contribution in [1.82, 2.24) is 0 Å². The topological polar surface area (TPSA) is 54.0 Å². The fourth-order valence-corrected chi connectivity index (χ4v) is 12.3. The summed E-state index contributed by atoms with van der Waals surface area (Å²) < 4.78 is 24.6. The molecular weight excluding hydrogens is 536 g/mol. The fraction of sp³-hybridized carbons (Fsp3) is 0.921. The van der Waals surface area contributed by atoms with Crippen LogP contribution < -0.4 is 0 Å². The molecule has 6 aliphatic rings. The minimum absolute atomic E-state index is 0.0890. The zero-order chi connectivity index (χ0) is 31.3. The van der Waals surface area contributed by atoms with E-state index < -0.39 is 5.79 Å². The van der Waals surface area contributed by atoms with Crippen LogP contribution in [-0.2, 0) is 23.7 Å². The number of fused-ring (bicyclic) bond motifs is 9. The molecule has 244 valence electrons. The van der Waals surface area contributed by atoms with Crippen LogP contribution in [0.15, 0.2) is 11.6 Å². The van der Waals surface area contributed by atoms with Crippen LogP contribution in [0.25, 0.3) is 0 Å². The second-order valence-electron chi connectivity index (χ2n) is 18.3. The Kier molecular flexibility index (Phi) is 7.67. The van der Waals surface area contributed by atoms with Crippen LogP contribution in [0.5, 0.6) is 0 Å². The van der Waals surface area contributed by atoms with E-state index in [1.807, 2.05) is 0 Å². The first-order chi connectivity index (χ1) is 19.9. The molecule has 0 aromatic heterocycles. The molecule has 2 unspecified atom stereocenters. The largest absolute Gasteiger partial charge is 0.469 e. The summed E-state index contributed by atoms with van der Waals surface area (Å²) in [5.74, 6) is 1.27. The number of allylic oxidation sites excluding steroid dienone is 2. The number of esters is 1. The van der Waals surface area contributed by atoms with Crippen LogP contribution in [0.2, 0.25) is 0 Å². The molecule has 5 aliphatic carbocycles. The molecule has 43 heavy (non-hydrogen) atoms. The summed E-state index contributed by atoms with van der Waals surface area (Å²) in [6, 6.07) is 0. The van der Waals surface area contributed by atoms with Crippen LogP contribution in [0.1, 0.15) is 133 Å². The third-order valence-corrected chi connectivity index (χ3v) is 15.1. The van der Waals surface area contributed by atoms with Crippen molar-refractivity contribution in [2.75, 3.05) is 20.3 Å². The van der Waals surface area contributed by atoms with Gasteiger partial charge in [0, 0.05) is 23.9 Å². The first-order valence-corrected chi connectivity index (χ1v) is 17.6. The molecule has 0 spiro atoms. The summed E-state index contributed by atoms with van der Waals surface area (Å²) in [7, 11) is 1.47. The van der Waals surface area contributed by atoms with Crippen molar-refractivity contribution in [2.45, 2.75) is 151 Å². The first-order valence-electron chi connectivity index (χ1n) is 17.6. The lowest BCUT2D eigenvalue weighted by molar-refractivity contribution is -0.351. The van der Waals surface area contributed by atoms with Gasteiger partial charge in [0.25, 0.3) is 0 Å². The first kappa shape index (κ1) is 32.0. The summed E-state index contributed by atoms with van der Waals surface area (Å²) >= 11 is 0. The monoisotopic (exact) mass is 598 g/mol. The molecule has 4 saturated carbocycles. The Bertz CT molecular complexity index is 1140. The van der Waals surface area contributed by atoms with Crippen molar-refractivity contribution in [1.29, 1.82) is 0 Å². The zero-order valence-corrected chi connectivity index (χ0v) is 29.2. The van der Waals surface area contributed by atoms with Gasteiger partial charge in [0.1, 0.15) is 0 Å². The van der Waals surface area contributed by atoms with E-state index in [1.54, 1.807) is 5.57 Å². The molecule has 1 heterocycles. The summed E-state index contributed by atoms with van der Waals surface area (Å²) in [6.45, 7) is 23.6. The van der Waals surface area contributed by atoms with Crippen molar-refractivity contribution >= 4 is 5.97 Å². The maximum Gasteiger partial charge on any atom is 0.305 e. The molecule has 1 saturated heterocycles. The Morgan fingerprint density at radius 1 is 0.884 bits per heavy atom. The predicted octanol–water partition coefficient (Wildman–Crippen LogP) is 8.89. The molecule has 0 bridgehead atoms. The van der Waals surface area contributed by atoms with Crippen molar-refractivity contribution in [3.05, 3.63) is 11.6 Å². The third kappa shape index (κ3) is 4.74. The molecule has 0 aromatic carbocycles. The van der Waals surface area contributed by atoms with Gasteiger partial charge in [-0.05, 0) is 117 Å². The maximum atomic E-state index is 11.7. The van der Waals surface area contributed by atoms with E-state index in [4.69, 9.17) is 18.9 Å². The molecule has 6 rings (SSSR count). The fourth-order valence-electron chi connectivity index (χ4n) is 12.3. The van der Waals surface area contributed by atoms with Gasteiger partial charge < -0.3 is 18.9 Å². The van der Waals surface area contributed by atoms with Crippen molar-refractivity contribution in [3.63, 3.8) is 0 Å². The molecule has 0 N–H and O–H groups in total. The molecule has 0 radical (unpaired) electrons. The van der Waals surface area contributed by atoms with Crippen molar-refractivity contribution < 1.29 is 23.7 Å². The van der Waals surface area contributed by atoms with E-state index in [2.05, 4.69) is 68.4 Å². The number of carbonyl (C=O) groups excluding carboxylic acids is 1. The number of hydrogen-bond acceptors (Lipinski definition) is 5. The van der Waals surface area contributed by atoms with Crippen LogP contribution in [-0.4, -0.2) is 44.3 Å². The molecule has 0 aromatic rings. The average molecular weight is 599 g/mol. The Balaban J connectivity index is 1.29. The number of ether oxygens (including phenoxy) is 4. The highest BCUT2D eigenvalue weighted by molar-refractivity contribution is 5.69. The van der Waals surface area contributed by atoms with Crippen molar-refractivity contribution in [3.8, 4) is 0 Å². The van der Waals surface area contributed by atoms with E-state index in [0.29, 0.717) is 47.7 Å². The number of carbonyl (C=O) groups is 1. The highest BCUT2D eigenvalue weighted by atomic mass is 16.7. The normalized spacial score (nSPS) is 49.7. The summed E-state index contributed by atoms with van der Waals surface area (Å²) in [6.07, 6.45) is 15.5. The van der Waals surface area contributed by atoms with Crippen LogP contribution in [0.3, 0.4) is 0 Å². The van der Waals surface area contributed by atoms with E-state index >= 15 is 0 Å². The lowest BCUT2D eigenvalue weighted by atomic mass is 9.33. The molecule has 1 aliphatic heterocycles. The number of methoxy groups -OCH3 is 1. The van der Waals surface area contributed by atoms with Crippen LogP contribution in [0.4, 0.5) is 0 Å². The summed E-state index contributed by atoms with van der Waals surface area (Å²) in [4.78, 5) is 11.7. The SMILES string of the molecule is COC(=O)CCCO[C@@H]1CC(C)(C)C[C@@H]2C3=CC[C@@H]4[C@@]5(C)CCC6OC(C)(C)OC[C@@]6(C)C5CC[C@@]4(C)[C@]3(C)CC[C@]21C. The van der Waals surface area contributed by atoms with Crippen LogP contribution >= 0.6 is 0 Å². The van der Waals surface area contributed by atoms with Gasteiger partial charge in [0.2, 0.25) is 0 Å². The summed E-state index contributed by atoms with van der Waals surface area (Å²) in [5, 5.41) is 0. The van der Waals surface area contributed by atoms with E-state index in [0.717, 1.165) is 25.9 Å². The van der Waals surface area contributed by atoms with Gasteiger partial charge in [-0.2, -0.15) is 0 Å². The van der Waals surface area contributed by atoms with Gasteiger partial charge in [0.05, 0.1) is 25.9 Å². The molecule has 0 amide bonds. The second-order valence-corrected chi connectivity index (χ2v) is 18.3. The van der Waals surface area contributed by atoms with E-state index in [-0.39, 0.29) is 33.7 Å². The Labute approximate surface area is 262 Å². The van der Waals surface area contributed by atoms with Gasteiger partial charge in [-0.15, -0.1) is 0 Å². The molecule has 10 atom stereocenters. The van der Waals surface area contributed by atoms with E-state index in [1.165, 1.54) is 52.1 Å². The predicted molar refractivity (Wildman–Crippen MR) is 170 cm³/mol. The Hall–Kier alpha value is -0.910. The zero-order valence-electron chi connectivity index (χ0n) is 29.2.